The fraction of sp³-hybridized carbons (Fsp3) is 0.500. The lowest BCUT2D eigenvalue weighted by Gasteiger charge is -2.14. The van der Waals surface area contributed by atoms with E-state index in [0.717, 1.165) is 11.3 Å². The molecule has 0 unspecified atom stereocenters. The first-order chi connectivity index (χ1) is 7.83. The summed E-state index contributed by atoms with van der Waals surface area (Å²) in [6, 6.07) is 0. The van der Waals surface area contributed by atoms with Crippen molar-refractivity contribution in [2.24, 2.45) is 0 Å². The highest BCUT2D eigenvalue weighted by atomic mass is 32.1. The number of nitrogens with zero attached hydrogens (tertiary/aromatic N) is 1. The summed E-state index contributed by atoms with van der Waals surface area (Å²) in [7, 11) is 0. The number of alkyl halides is 4. The van der Waals surface area contributed by atoms with Gasteiger partial charge in [0.25, 0.3) is 0 Å². The first kappa shape index (κ1) is 13.8. The van der Waals surface area contributed by atoms with Gasteiger partial charge in [-0.15, -0.1) is 11.3 Å². The molecule has 17 heavy (non-hydrogen) atoms. The van der Waals surface area contributed by atoms with Gasteiger partial charge in [0, 0.05) is 5.38 Å². The van der Waals surface area contributed by atoms with E-state index < -0.39 is 31.5 Å². The zero-order valence-electron chi connectivity index (χ0n) is 8.20. The normalized spacial score (nSPS) is 12.1. The van der Waals surface area contributed by atoms with Crippen molar-refractivity contribution < 1.29 is 32.2 Å². The van der Waals surface area contributed by atoms with Gasteiger partial charge >= 0.3 is 18.3 Å². The predicted molar refractivity (Wildman–Crippen MR) is 49.7 cm³/mol. The molecule has 0 aliphatic rings. The van der Waals surface area contributed by atoms with Crippen molar-refractivity contribution >= 4 is 17.3 Å². The molecule has 96 valence electrons. The number of aromatic nitrogens is 1. The Kier molecular flexibility index (Phi) is 4.40. The third-order valence-corrected chi connectivity index (χ3v) is 2.43. The zero-order valence-corrected chi connectivity index (χ0v) is 9.02. The van der Waals surface area contributed by atoms with Crippen molar-refractivity contribution in [3.05, 3.63) is 16.1 Å². The number of ether oxygens (including phenoxy) is 1. The molecule has 0 fully saturated rings. The van der Waals surface area contributed by atoms with E-state index in [1.807, 2.05) is 0 Å². The molecule has 1 heterocycles. The fourth-order valence-electron chi connectivity index (χ4n) is 0.813. The molecule has 4 nitrogen and oxygen atoms in total. The highest BCUT2D eigenvalue weighted by Gasteiger charge is 2.40. The van der Waals surface area contributed by atoms with Crippen LogP contribution >= 0.6 is 11.3 Å². The summed E-state index contributed by atoms with van der Waals surface area (Å²) in [6.07, 6.45) is -3.80. The van der Waals surface area contributed by atoms with Crippen LogP contribution in [0.3, 0.4) is 0 Å². The van der Waals surface area contributed by atoms with E-state index in [2.05, 4.69) is 9.72 Å². The minimum atomic E-state index is -4.22. The van der Waals surface area contributed by atoms with Gasteiger partial charge in [-0.2, -0.15) is 8.78 Å². The first-order valence-electron chi connectivity index (χ1n) is 4.24. The number of aromatic carboxylic acids is 1. The molecule has 0 spiro atoms. The summed E-state index contributed by atoms with van der Waals surface area (Å²) in [5.41, 5.74) is -0.241. The van der Waals surface area contributed by atoms with E-state index in [-0.39, 0.29) is 10.7 Å². The molecule has 0 amide bonds. The average Bonchev–Trinajstić information content (AvgIpc) is 2.66. The lowest BCUT2D eigenvalue weighted by Crippen LogP contribution is -2.32. The Morgan fingerprint density at radius 1 is 1.59 bits per heavy atom. The minimum absolute atomic E-state index is 0.132. The van der Waals surface area contributed by atoms with Crippen molar-refractivity contribution in [2.75, 3.05) is 6.61 Å². The second-order valence-corrected chi connectivity index (χ2v) is 3.93. The summed E-state index contributed by atoms with van der Waals surface area (Å²) >= 11 is 0.888. The maximum absolute atomic E-state index is 12.4. The Labute approximate surface area is 96.8 Å². The van der Waals surface area contributed by atoms with E-state index in [9.17, 15) is 22.4 Å². The summed E-state index contributed by atoms with van der Waals surface area (Å²) in [5.74, 6) is -5.47. The molecule has 0 aromatic carbocycles. The number of rotatable bonds is 6. The SMILES string of the molecule is O=C(O)c1csc(COCC(F)(F)C(F)F)n1. The molecule has 0 saturated carbocycles. The number of carbonyl (C=O) groups is 1. The summed E-state index contributed by atoms with van der Waals surface area (Å²) in [6.45, 7) is -1.87. The molecule has 1 aromatic heterocycles. The molecule has 0 aliphatic heterocycles. The summed E-state index contributed by atoms with van der Waals surface area (Å²) < 4.78 is 52.6. The van der Waals surface area contributed by atoms with E-state index >= 15 is 0 Å². The minimum Gasteiger partial charge on any atom is -0.476 e. The second kappa shape index (κ2) is 5.41. The molecule has 0 radical (unpaired) electrons. The number of thiazole rings is 1. The summed E-state index contributed by atoms with van der Waals surface area (Å²) in [5, 5.41) is 9.84. The highest BCUT2D eigenvalue weighted by molar-refractivity contribution is 7.09. The van der Waals surface area contributed by atoms with Crippen molar-refractivity contribution in [3.8, 4) is 0 Å². The van der Waals surface area contributed by atoms with Gasteiger partial charge in [0.2, 0.25) is 0 Å². The van der Waals surface area contributed by atoms with E-state index in [4.69, 9.17) is 5.11 Å². The molecular formula is C8H7F4NO3S. The number of carboxylic acids is 1. The number of hydrogen-bond acceptors (Lipinski definition) is 4. The third kappa shape index (κ3) is 3.93. The Balaban J connectivity index is 2.43. The lowest BCUT2D eigenvalue weighted by atomic mass is 10.4. The van der Waals surface area contributed by atoms with E-state index in [0.29, 0.717) is 0 Å². The maximum atomic E-state index is 12.4. The van der Waals surface area contributed by atoms with Crippen LogP contribution in [0.5, 0.6) is 0 Å². The van der Waals surface area contributed by atoms with Crippen LogP contribution in [0.1, 0.15) is 15.5 Å². The predicted octanol–water partition coefficient (Wildman–Crippen LogP) is 2.26. The van der Waals surface area contributed by atoms with Gasteiger partial charge in [-0.1, -0.05) is 0 Å². The Morgan fingerprint density at radius 3 is 2.71 bits per heavy atom. The quantitative estimate of drug-likeness (QED) is 0.808. The number of halogens is 4. The molecule has 1 N–H and O–H groups in total. The monoisotopic (exact) mass is 273 g/mol. The average molecular weight is 273 g/mol. The van der Waals surface area contributed by atoms with Gasteiger partial charge in [-0.25, -0.2) is 18.6 Å². The number of hydrogen-bond donors (Lipinski definition) is 1. The van der Waals surface area contributed by atoms with Gasteiger partial charge in [0.15, 0.2) is 5.69 Å². The van der Waals surface area contributed by atoms with Crippen LogP contribution < -0.4 is 0 Å². The van der Waals surface area contributed by atoms with Crippen LogP contribution in [0.4, 0.5) is 17.6 Å². The third-order valence-electron chi connectivity index (χ3n) is 1.61. The largest absolute Gasteiger partial charge is 0.476 e. The van der Waals surface area contributed by atoms with Gasteiger partial charge in [0.1, 0.15) is 11.6 Å². The molecular weight excluding hydrogens is 266 g/mol. The van der Waals surface area contributed by atoms with Gasteiger partial charge < -0.3 is 9.84 Å². The van der Waals surface area contributed by atoms with Crippen LogP contribution in [0.15, 0.2) is 5.38 Å². The van der Waals surface area contributed by atoms with Crippen LogP contribution in [-0.2, 0) is 11.3 Å². The van der Waals surface area contributed by atoms with Crippen molar-refractivity contribution in [1.29, 1.82) is 0 Å². The molecule has 0 aliphatic carbocycles. The molecule has 9 heteroatoms. The number of carboxylic acid groups (broad SMARTS) is 1. The topological polar surface area (TPSA) is 59.4 Å². The van der Waals surface area contributed by atoms with E-state index in [1.54, 1.807) is 0 Å². The molecule has 0 atom stereocenters. The van der Waals surface area contributed by atoms with Gasteiger partial charge in [-0.05, 0) is 0 Å². The molecule has 0 bridgehead atoms. The van der Waals surface area contributed by atoms with E-state index in [1.165, 1.54) is 5.38 Å². The maximum Gasteiger partial charge on any atom is 0.355 e. The van der Waals surface area contributed by atoms with Crippen molar-refractivity contribution in [1.82, 2.24) is 4.98 Å². The smallest absolute Gasteiger partial charge is 0.355 e. The van der Waals surface area contributed by atoms with Crippen LogP contribution in [-0.4, -0.2) is 35.0 Å². The van der Waals surface area contributed by atoms with Crippen LogP contribution in [0.25, 0.3) is 0 Å². The van der Waals surface area contributed by atoms with Crippen LogP contribution in [0.2, 0.25) is 0 Å². The van der Waals surface area contributed by atoms with Gasteiger partial charge in [-0.3, -0.25) is 0 Å². The standard InChI is InChI=1S/C8H7F4NO3S/c9-7(10)8(11,12)3-16-1-5-13-4(2-17-5)6(14)15/h2,7H,1,3H2,(H,14,15). The Bertz CT molecular complexity index is 396. The zero-order chi connectivity index (χ0) is 13.1. The van der Waals surface area contributed by atoms with Gasteiger partial charge in [0.05, 0.1) is 6.61 Å². The lowest BCUT2D eigenvalue weighted by molar-refractivity contribution is -0.168. The Morgan fingerprint density at radius 2 is 2.24 bits per heavy atom. The molecule has 0 saturated heterocycles. The molecule has 1 rings (SSSR count). The fourth-order valence-corrected chi connectivity index (χ4v) is 1.52. The highest BCUT2D eigenvalue weighted by Crippen LogP contribution is 2.23. The van der Waals surface area contributed by atoms with Crippen LogP contribution in [0, 0.1) is 0 Å². The first-order valence-corrected chi connectivity index (χ1v) is 5.12. The van der Waals surface area contributed by atoms with Crippen molar-refractivity contribution in [2.45, 2.75) is 19.0 Å². The summed E-state index contributed by atoms with van der Waals surface area (Å²) in [4.78, 5) is 14.0. The molecule has 1 aromatic rings. The Hall–Kier alpha value is -1.22. The van der Waals surface area contributed by atoms with Crippen molar-refractivity contribution in [3.63, 3.8) is 0 Å². The second-order valence-electron chi connectivity index (χ2n) is 2.99.